The van der Waals surface area contributed by atoms with Gasteiger partial charge in [-0.05, 0) is 43.5 Å². The van der Waals surface area contributed by atoms with Crippen LogP contribution in [0.25, 0.3) is 0 Å². The minimum absolute atomic E-state index is 0.00255. The topological polar surface area (TPSA) is 54.3 Å². The van der Waals surface area contributed by atoms with Gasteiger partial charge in [-0.1, -0.05) is 6.92 Å². The number of amides is 1. The normalized spacial score (nSPS) is 14.2. The molecule has 0 aliphatic carbocycles. The van der Waals surface area contributed by atoms with Crippen molar-refractivity contribution in [2.45, 2.75) is 26.4 Å². The summed E-state index contributed by atoms with van der Waals surface area (Å²) in [5.74, 6) is 2.45. The van der Waals surface area contributed by atoms with Crippen molar-refractivity contribution in [3.8, 4) is 0 Å². The molecule has 1 rings (SSSR count). The fourth-order valence-corrected chi connectivity index (χ4v) is 2.24. The first-order chi connectivity index (χ1) is 8.63. The van der Waals surface area contributed by atoms with Crippen LogP contribution in [-0.4, -0.2) is 30.5 Å². The van der Waals surface area contributed by atoms with Crippen LogP contribution in [-0.2, 0) is 11.3 Å². The lowest BCUT2D eigenvalue weighted by Gasteiger charge is -2.16. The second-order valence-corrected chi connectivity index (χ2v) is 5.40. The van der Waals surface area contributed by atoms with Crippen LogP contribution in [0.15, 0.2) is 22.8 Å². The van der Waals surface area contributed by atoms with E-state index in [2.05, 4.69) is 23.8 Å². The van der Waals surface area contributed by atoms with Gasteiger partial charge in [0.05, 0.1) is 18.8 Å². The molecule has 2 atom stereocenters. The Morgan fingerprint density at radius 3 is 2.89 bits per heavy atom. The van der Waals surface area contributed by atoms with Crippen molar-refractivity contribution in [1.82, 2.24) is 10.6 Å². The molecular formula is C13H22N2O2S. The molecule has 102 valence electrons. The zero-order chi connectivity index (χ0) is 13.4. The molecule has 0 spiro atoms. The summed E-state index contributed by atoms with van der Waals surface area (Å²) in [5.41, 5.74) is 0. The number of hydrogen-bond donors (Lipinski definition) is 2. The maximum atomic E-state index is 11.8. The number of hydrogen-bond acceptors (Lipinski definition) is 4. The summed E-state index contributed by atoms with van der Waals surface area (Å²) in [6.07, 6.45) is 3.70. The van der Waals surface area contributed by atoms with Gasteiger partial charge in [-0.15, -0.1) is 0 Å². The monoisotopic (exact) mass is 270 g/mol. The SMILES string of the molecule is CSCC(C)CNC(C)C(=O)NCc1ccco1. The Balaban J connectivity index is 2.20. The predicted molar refractivity (Wildman–Crippen MR) is 75.6 cm³/mol. The number of carbonyl (C=O) groups excluding carboxylic acids is 1. The quantitative estimate of drug-likeness (QED) is 0.757. The summed E-state index contributed by atoms with van der Waals surface area (Å²) in [7, 11) is 0. The van der Waals surface area contributed by atoms with Crippen LogP contribution in [0, 0.1) is 5.92 Å². The largest absolute Gasteiger partial charge is 0.467 e. The Labute approximate surface area is 113 Å². The molecule has 0 radical (unpaired) electrons. The van der Waals surface area contributed by atoms with Crippen LogP contribution in [0.1, 0.15) is 19.6 Å². The molecule has 0 aliphatic heterocycles. The number of nitrogens with one attached hydrogen (secondary N) is 2. The standard InChI is InChI=1S/C13H22N2O2S/c1-10(9-18-3)7-14-11(2)13(16)15-8-12-5-4-6-17-12/h4-6,10-11,14H,7-9H2,1-3H3,(H,15,16). The van der Waals surface area contributed by atoms with Gasteiger partial charge in [0.25, 0.3) is 0 Å². The van der Waals surface area contributed by atoms with Gasteiger partial charge >= 0.3 is 0 Å². The van der Waals surface area contributed by atoms with Crippen molar-refractivity contribution >= 4 is 17.7 Å². The lowest BCUT2D eigenvalue weighted by atomic mass is 10.2. The zero-order valence-electron chi connectivity index (χ0n) is 11.2. The number of carbonyl (C=O) groups is 1. The molecule has 0 saturated heterocycles. The molecule has 1 heterocycles. The molecule has 2 unspecified atom stereocenters. The molecule has 5 heteroatoms. The van der Waals surface area contributed by atoms with Crippen molar-refractivity contribution in [3.63, 3.8) is 0 Å². The molecule has 0 aromatic carbocycles. The summed E-state index contributed by atoms with van der Waals surface area (Å²) in [6, 6.07) is 3.48. The van der Waals surface area contributed by atoms with E-state index < -0.39 is 0 Å². The number of furan rings is 1. The average molecular weight is 270 g/mol. The van der Waals surface area contributed by atoms with E-state index in [1.807, 2.05) is 30.8 Å². The van der Waals surface area contributed by atoms with Crippen LogP contribution >= 0.6 is 11.8 Å². The molecular weight excluding hydrogens is 248 g/mol. The van der Waals surface area contributed by atoms with Crippen LogP contribution in [0.3, 0.4) is 0 Å². The van der Waals surface area contributed by atoms with E-state index in [0.29, 0.717) is 12.5 Å². The maximum Gasteiger partial charge on any atom is 0.237 e. The summed E-state index contributed by atoms with van der Waals surface area (Å²) >= 11 is 1.83. The molecule has 18 heavy (non-hydrogen) atoms. The van der Waals surface area contributed by atoms with Crippen LogP contribution in [0.5, 0.6) is 0 Å². The summed E-state index contributed by atoms with van der Waals surface area (Å²) in [6.45, 7) is 5.36. The Bertz CT molecular complexity index is 341. The lowest BCUT2D eigenvalue weighted by molar-refractivity contribution is -0.123. The second-order valence-electron chi connectivity index (χ2n) is 4.49. The summed E-state index contributed by atoms with van der Waals surface area (Å²) < 4.78 is 5.16. The number of thioether (sulfide) groups is 1. The minimum atomic E-state index is -0.177. The van der Waals surface area contributed by atoms with E-state index >= 15 is 0 Å². The highest BCUT2D eigenvalue weighted by Crippen LogP contribution is 2.03. The van der Waals surface area contributed by atoms with Crippen molar-refractivity contribution in [1.29, 1.82) is 0 Å². The molecule has 4 nitrogen and oxygen atoms in total. The van der Waals surface area contributed by atoms with Gasteiger partial charge in [-0.3, -0.25) is 4.79 Å². The van der Waals surface area contributed by atoms with Crippen LogP contribution < -0.4 is 10.6 Å². The first-order valence-corrected chi connectivity index (χ1v) is 7.55. The second kappa shape index (κ2) is 8.21. The molecule has 1 aromatic heterocycles. The van der Waals surface area contributed by atoms with E-state index in [1.165, 1.54) is 0 Å². The van der Waals surface area contributed by atoms with Gasteiger partial charge in [0.15, 0.2) is 0 Å². The predicted octanol–water partition coefficient (Wildman–Crippen LogP) is 1.87. The molecule has 1 aromatic rings. The minimum Gasteiger partial charge on any atom is -0.467 e. The van der Waals surface area contributed by atoms with Gasteiger partial charge in [0, 0.05) is 0 Å². The van der Waals surface area contributed by atoms with Gasteiger partial charge in [-0.25, -0.2) is 0 Å². The van der Waals surface area contributed by atoms with Crippen molar-refractivity contribution in [2.24, 2.45) is 5.92 Å². The van der Waals surface area contributed by atoms with Crippen LogP contribution in [0.4, 0.5) is 0 Å². The van der Waals surface area contributed by atoms with Gasteiger partial charge < -0.3 is 15.1 Å². The third-order valence-electron chi connectivity index (χ3n) is 2.63. The van der Waals surface area contributed by atoms with Gasteiger partial charge in [-0.2, -0.15) is 11.8 Å². The fraction of sp³-hybridized carbons (Fsp3) is 0.615. The highest BCUT2D eigenvalue weighted by atomic mass is 32.2. The molecule has 0 saturated carbocycles. The Morgan fingerprint density at radius 2 is 2.28 bits per heavy atom. The molecule has 2 N–H and O–H groups in total. The molecule has 1 amide bonds. The van der Waals surface area contributed by atoms with Crippen molar-refractivity contribution in [3.05, 3.63) is 24.2 Å². The lowest BCUT2D eigenvalue weighted by Crippen LogP contribution is -2.43. The number of rotatable bonds is 8. The van der Waals surface area contributed by atoms with Crippen LogP contribution in [0.2, 0.25) is 0 Å². The van der Waals surface area contributed by atoms with Crippen molar-refractivity contribution in [2.75, 3.05) is 18.6 Å². The fourth-order valence-electron chi connectivity index (χ4n) is 1.55. The maximum absolute atomic E-state index is 11.8. The average Bonchev–Trinajstić information content (AvgIpc) is 2.86. The first-order valence-electron chi connectivity index (χ1n) is 6.16. The Hall–Kier alpha value is -0.940. The van der Waals surface area contributed by atoms with Crippen molar-refractivity contribution < 1.29 is 9.21 Å². The van der Waals surface area contributed by atoms with E-state index in [1.54, 1.807) is 6.26 Å². The van der Waals surface area contributed by atoms with E-state index in [0.717, 1.165) is 18.1 Å². The first kappa shape index (κ1) is 15.1. The summed E-state index contributed by atoms with van der Waals surface area (Å²) in [5, 5.41) is 6.08. The molecule has 0 fully saturated rings. The third kappa shape index (κ3) is 5.60. The van der Waals surface area contributed by atoms with Gasteiger partial charge in [0.1, 0.15) is 5.76 Å². The van der Waals surface area contributed by atoms with Gasteiger partial charge in [0.2, 0.25) is 5.91 Å². The van der Waals surface area contributed by atoms with E-state index in [-0.39, 0.29) is 11.9 Å². The third-order valence-corrected chi connectivity index (χ3v) is 3.54. The smallest absolute Gasteiger partial charge is 0.237 e. The Morgan fingerprint density at radius 1 is 1.50 bits per heavy atom. The Kier molecular flexibility index (Phi) is 6.90. The zero-order valence-corrected chi connectivity index (χ0v) is 12.0. The highest BCUT2D eigenvalue weighted by molar-refractivity contribution is 7.98. The molecule has 0 bridgehead atoms. The molecule has 0 aliphatic rings. The highest BCUT2D eigenvalue weighted by Gasteiger charge is 2.13. The van der Waals surface area contributed by atoms with E-state index in [9.17, 15) is 4.79 Å². The summed E-state index contributed by atoms with van der Waals surface area (Å²) in [4.78, 5) is 11.8. The van der Waals surface area contributed by atoms with E-state index in [4.69, 9.17) is 4.42 Å².